The number of aryl methyl sites for hydroxylation is 2. The van der Waals surface area contributed by atoms with Gasteiger partial charge in [0.25, 0.3) is 0 Å². The molecule has 0 bridgehead atoms. The molecule has 0 saturated carbocycles. The second-order valence-corrected chi connectivity index (χ2v) is 10.0. The average molecular weight is 477 g/mol. The number of benzene rings is 2. The summed E-state index contributed by atoms with van der Waals surface area (Å²) in [7, 11) is -1.68. The van der Waals surface area contributed by atoms with Crippen LogP contribution in [0, 0.1) is 0 Å². The Labute approximate surface area is 194 Å². The van der Waals surface area contributed by atoms with Crippen molar-refractivity contribution in [1.29, 1.82) is 0 Å². The Morgan fingerprint density at radius 2 is 1.81 bits per heavy atom. The number of fused-ring (bicyclic) bond motifs is 1. The molecule has 172 valence electrons. The second kappa shape index (κ2) is 10.0. The minimum atomic E-state index is -3.55. The molecule has 0 aliphatic heterocycles. The van der Waals surface area contributed by atoms with Gasteiger partial charge in [0.15, 0.2) is 0 Å². The van der Waals surface area contributed by atoms with Crippen LogP contribution in [0.2, 0.25) is 5.02 Å². The smallest absolute Gasteiger partial charge is 0.243 e. The summed E-state index contributed by atoms with van der Waals surface area (Å²) in [4.78, 5) is 17.3. The van der Waals surface area contributed by atoms with E-state index in [1.165, 1.54) is 4.31 Å². The summed E-state index contributed by atoms with van der Waals surface area (Å²) in [6.07, 6.45) is 0.724. The molecule has 9 heteroatoms. The zero-order valence-corrected chi connectivity index (χ0v) is 20.4. The summed E-state index contributed by atoms with van der Waals surface area (Å²) >= 11 is 5.92. The van der Waals surface area contributed by atoms with Gasteiger partial charge in [-0.05, 0) is 42.8 Å². The van der Waals surface area contributed by atoms with Crippen molar-refractivity contribution in [3.63, 3.8) is 0 Å². The molecule has 0 spiro atoms. The fourth-order valence-electron chi connectivity index (χ4n) is 3.70. The van der Waals surface area contributed by atoms with Crippen molar-refractivity contribution in [2.75, 3.05) is 13.1 Å². The first-order chi connectivity index (χ1) is 15.2. The van der Waals surface area contributed by atoms with Crippen molar-refractivity contribution in [1.82, 2.24) is 19.2 Å². The maximum Gasteiger partial charge on any atom is 0.243 e. The van der Waals surface area contributed by atoms with Crippen molar-refractivity contribution >= 4 is 38.6 Å². The summed E-state index contributed by atoms with van der Waals surface area (Å²) in [5.74, 6) is 0.649. The third-order valence-corrected chi connectivity index (χ3v) is 7.91. The molecule has 0 fully saturated rings. The molecule has 1 amide bonds. The van der Waals surface area contributed by atoms with E-state index < -0.39 is 10.0 Å². The zero-order valence-electron chi connectivity index (χ0n) is 18.8. The molecule has 0 aliphatic rings. The van der Waals surface area contributed by atoms with E-state index in [4.69, 9.17) is 11.6 Å². The van der Waals surface area contributed by atoms with Gasteiger partial charge in [0, 0.05) is 38.0 Å². The van der Waals surface area contributed by atoms with E-state index in [0.717, 1.165) is 16.9 Å². The van der Waals surface area contributed by atoms with Gasteiger partial charge >= 0.3 is 0 Å². The van der Waals surface area contributed by atoms with Gasteiger partial charge in [0.05, 0.1) is 22.0 Å². The van der Waals surface area contributed by atoms with Gasteiger partial charge in [-0.1, -0.05) is 37.6 Å². The Hall–Kier alpha value is -2.42. The number of amides is 1. The van der Waals surface area contributed by atoms with E-state index in [1.807, 2.05) is 44.5 Å². The van der Waals surface area contributed by atoms with Gasteiger partial charge in [-0.2, -0.15) is 4.31 Å². The number of nitrogens with zero attached hydrogens (tertiary/aromatic N) is 3. The fraction of sp³-hybridized carbons (Fsp3) is 0.391. The topological polar surface area (TPSA) is 84.3 Å². The normalized spacial score (nSPS) is 12.9. The van der Waals surface area contributed by atoms with Crippen molar-refractivity contribution in [2.45, 2.75) is 44.6 Å². The summed E-state index contributed by atoms with van der Waals surface area (Å²) in [6, 6.07) is 12.2. The first-order valence-electron chi connectivity index (χ1n) is 10.7. The Kier molecular flexibility index (Phi) is 7.59. The first-order valence-corrected chi connectivity index (χ1v) is 12.5. The lowest BCUT2D eigenvalue weighted by Crippen LogP contribution is -2.30. The van der Waals surface area contributed by atoms with E-state index in [1.54, 1.807) is 30.3 Å². The van der Waals surface area contributed by atoms with Crippen molar-refractivity contribution in [3.8, 4) is 0 Å². The third-order valence-electron chi connectivity index (χ3n) is 5.61. The number of sulfonamides is 1. The monoisotopic (exact) mass is 476 g/mol. The number of aromatic nitrogens is 2. The van der Waals surface area contributed by atoms with E-state index in [2.05, 4.69) is 10.3 Å². The highest BCUT2D eigenvalue weighted by Crippen LogP contribution is 2.23. The van der Waals surface area contributed by atoms with Crippen molar-refractivity contribution in [3.05, 3.63) is 58.9 Å². The molecule has 1 atom stereocenters. The predicted octanol–water partition coefficient (Wildman–Crippen LogP) is 4.07. The highest BCUT2D eigenvalue weighted by atomic mass is 35.5. The van der Waals surface area contributed by atoms with Crippen LogP contribution in [-0.2, 0) is 28.3 Å². The van der Waals surface area contributed by atoms with Crippen LogP contribution in [0.1, 0.15) is 44.6 Å². The Morgan fingerprint density at radius 3 is 2.44 bits per heavy atom. The quantitative estimate of drug-likeness (QED) is 0.504. The lowest BCUT2D eigenvalue weighted by atomic mass is 10.1. The number of hydrogen-bond donors (Lipinski definition) is 1. The summed E-state index contributed by atoms with van der Waals surface area (Å²) < 4.78 is 29.0. The Morgan fingerprint density at radius 1 is 1.16 bits per heavy atom. The van der Waals surface area contributed by atoms with Gasteiger partial charge in [0.2, 0.25) is 15.9 Å². The van der Waals surface area contributed by atoms with Crippen LogP contribution in [0.3, 0.4) is 0 Å². The van der Waals surface area contributed by atoms with Gasteiger partial charge in [-0.15, -0.1) is 0 Å². The van der Waals surface area contributed by atoms with Gasteiger partial charge < -0.3 is 9.88 Å². The summed E-state index contributed by atoms with van der Waals surface area (Å²) in [6.45, 7) is 6.38. The van der Waals surface area contributed by atoms with Gasteiger partial charge in [-0.3, -0.25) is 4.79 Å². The number of carbonyl (C=O) groups is 1. The largest absolute Gasteiger partial charge is 0.350 e. The lowest BCUT2D eigenvalue weighted by Gasteiger charge is -2.18. The van der Waals surface area contributed by atoms with E-state index in [0.29, 0.717) is 30.0 Å². The number of halogens is 1. The highest BCUT2D eigenvalue weighted by Gasteiger charge is 2.23. The number of hydrogen-bond acceptors (Lipinski definition) is 4. The molecule has 1 N–H and O–H groups in total. The molecular formula is C23H29ClN4O3S. The fourth-order valence-corrected chi connectivity index (χ4v) is 5.30. The maximum atomic E-state index is 12.8. The van der Waals surface area contributed by atoms with E-state index >= 15 is 0 Å². The molecule has 1 aromatic heterocycles. The summed E-state index contributed by atoms with van der Waals surface area (Å²) in [5.41, 5.74) is 2.41. The van der Waals surface area contributed by atoms with Crippen LogP contribution >= 0.6 is 11.6 Å². The van der Waals surface area contributed by atoms with Crippen molar-refractivity contribution < 1.29 is 13.2 Å². The standard InChI is InChI=1S/C23H29ClN4O3S/c1-5-28(6-2)32(30,31)19-11-12-21-20(15-19)26-22(27(21)4)13-14-23(29)25-16(3)17-7-9-18(24)10-8-17/h7-12,15-16H,5-6,13-14H2,1-4H3,(H,25,29). The molecule has 1 heterocycles. The SMILES string of the molecule is CCN(CC)S(=O)(=O)c1ccc2c(c1)nc(CCC(=O)NC(C)c1ccc(Cl)cc1)n2C. The van der Waals surface area contributed by atoms with Crippen LogP contribution in [0.25, 0.3) is 11.0 Å². The summed E-state index contributed by atoms with van der Waals surface area (Å²) in [5, 5.41) is 3.64. The molecule has 0 aliphatic carbocycles. The van der Waals surface area contributed by atoms with Crippen LogP contribution in [0.4, 0.5) is 0 Å². The number of imidazole rings is 1. The molecule has 2 aromatic carbocycles. The molecule has 3 rings (SSSR count). The third kappa shape index (κ3) is 5.14. The minimum Gasteiger partial charge on any atom is -0.350 e. The predicted molar refractivity (Wildman–Crippen MR) is 127 cm³/mol. The Balaban J connectivity index is 1.72. The number of nitrogens with one attached hydrogen (secondary N) is 1. The second-order valence-electron chi connectivity index (χ2n) is 7.67. The van der Waals surface area contributed by atoms with Gasteiger partial charge in [-0.25, -0.2) is 13.4 Å². The molecule has 0 radical (unpaired) electrons. The number of rotatable bonds is 9. The van der Waals surface area contributed by atoms with Gasteiger partial charge in [0.1, 0.15) is 5.82 Å². The van der Waals surface area contributed by atoms with Crippen LogP contribution in [-0.4, -0.2) is 41.3 Å². The van der Waals surface area contributed by atoms with E-state index in [9.17, 15) is 13.2 Å². The molecular weight excluding hydrogens is 448 g/mol. The molecule has 3 aromatic rings. The molecule has 7 nitrogen and oxygen atoms in total. The number of carbonyl (C=O) groups excluding carboxylic acids is 1. The Bertz CT molecular complexity index is 1200. The van der Waals surface area contributed by atoms with Crippen LogP contribution in [0.15, 0.2) is 47.4 Å². The molecule has 1 unspecified atom stereocenters. The maximum absolute atomic E-state index is 12.8. The first kappa shape index (κ1) is 24.2. The minimum absolute atomic E-state index is 0.0793. The zero-order chi connectivity index (χ0) is 23.5. The average Bonchev–Trinajstić information content (AvgIpc) is 3.08. The highest BCUT2D eigenvalue weighted by molar-refractivity contribution is 7.89. The molecule has 0 saturated heterocycles. The lowest BCUT2D eigenvalue weighted by molar-refractivity contribution is -0.121. The molecule has 32 heavy (non-hydrogen) atoms. The van der Waals surface area contributed by atoms with Crippen LogP contribution in [0.5, 0.6) is 0 Å². The van der Waals surface area contributed by atoms with Crippen molar-refractivity contribution in [2.24, 2.45) is 7.05 Å². The van der Waals surface area contributed by atoms with Crippen LogP contribution < -0.4 is 5.32 Å². The van der Waals surface area contributed by atoms with E-state index in [-0.39, 0.29) is 23.3 Å².